The molecule has 2 heterocycles. The van der Waals surface area contributed by atoms with Crippen molar-refractivity contribution in [2.24, 2.45) is 0 Å². The molecule has 0 unspecified atom stereocenters. The molecular formula is C16H18N2O2. The van der Waals surface area contributed by atoms with Crippen molar-refractivity contribution in [3.63, 3.8) is 0 Å². The van der Waals surface area contributed by atoms with Gasteiger partial charge >= 0.3 is 0 Å². The molecule has 0 radical (unpaired) electrons. The quantitative estimate of drug-likeness (QED) is 0.786. The first-order valence-corrected chi connectivity index (χ1v) is 6.89. The zero-order chi connectivity index (χ0) is 14.1. The molecular weight excluding hydrogens is 252 g/mol. The van der Waals surface area contributed by atoms with Gasteiger partial charge < -0.3 is 9.64 Å². The van der Waals surface area contributed by atoms with Crippen molar-refractivity contribution in [1.29, 1.82) is 0 Å². The van der Waals surface area contributed by atoms with Gasteiger partial charge in [0, 0.05) is 18.5 Å². The number of morpholine rings is 1. The molecule has 0 saturated carbocycles. The van der Waals surface area contributed by atoms with Crippen LogP contribution in [0.4, 0.5) is 5.82 Å². The molecule has 0 bridgehead atoms. The average Bonchev–Trinajstić information content (AvgIpc) is 2.47. The van der Waals surface area contributed by atoms with E-state index in [4.69, 9.17) is 9.72 Å². The predicted molar refractivity (Wildman–Crippen MR) is 79.6 cm³/mol. The van der Waals surface area contributed by atoms with Gasteiger partial charge in [-0.05, 0) is 37.1 Å². The summed E-state index contributed by atoms with van der Waals surface area (Å²) >= 11 is 0. The molecule has 0 aliphatic carbocycles. The molecule has 1 aliphatic rings. The number of anilines is 1. The lowest BCUT2D eigenvalue weighted by Crippen LogP contribution is -2.37. The van der Waals surface area contributed by atoms with Crippen LogP contribution in [0, 0.1) is 13.8 Å². The van der Waals surface area contributed by atoms with Crippen LogP contribution < -0.4 is 4.90 Å². The van der Waals surface area contributed by atoms with Crippen LogP contribution in [0.2, 0.25) is 0 Å². The van der Waals surface area contributed by atoms with Gasteiger partial charge in [0.15, 0.2) is 6.29 Å². The number of hydrogen-bond acceptors (Lipinski definition) is 4. The van der Waals surface area contributed by atoms with Gasteiger partial charge in [-0.15, -0.1) is 0 Å². The number of carbonyl (C=O) groups is 1. The highest BCUT2D eigenvalue weighted by Crippen LogP contribution is 2.26. The number of fused-ring (bicyclic) bond motifs is 1. The van der Waals surface area contributed by atoms with Crippen LogP contribution in [0.25, 0.3) is 10.9 Å². The summed E-state index contributed by atoms with van der Waals surface area (Å²) in [6, 6.07) is 6.14. The molecule has 1 fully saturated rings. The maximum atomic E-state index is 11.4. The maximum Gasteiger partial charge on any atom is 0.153 e. The third kappa shape index (κ3) is 2.27. The van der Waals surface area contributed by atoms with Crippen LogP contribution in [0.3, 0.4) is 0 Å². The first kappa shape index (κ1) is 13.1. The zero-order valence-electron chi connectivity index (χ0n) is 11.8. The lowest BCUT2D eigenvalue weighted by atomic mass is 10.0. The van der Waals surface area contributed by atoms with E-state index in [2.05, 4.69) is 30.9 Å². The number of aryl methyl sites for hydroxylation is 2. The molecule has 1 aromatic heterocycles. The Kier molecular flexibility index (Phi) is 3.40. The van der Waals surface area contributed by atoms with Gasteiger partial charge in [0.05, 0.1) is 24.3 Å². The van der Waals surface area contributed by atoms with E-state index >= 15 is 0 Å². The van der Waals surface area contributed by atoms with Gasteiger partial charge in [0.1, 0.15) is 5.82 Å². The Labute approximate surface area is 118 Å². The second kappa shape index (κ2) is 5.21. The normalized spacial score (nSPS) is 15.6. The Balaban J connectivity index is 2.17. The van der Waals surface area contributed by atoms with E-state index in [9.17, 15) is 4.79 Å². The lowest BCUT2D eigenvalue weighted by molar-refractivity contribution is 0.111. The topological polar surface area (TPSA) is 42.4 Å². The summed E-state index contributed by atoms with van der Waals surface area (Å²) in [4.78, 5) is 18.3. The fraction of sp³-hybridized carbons (Fsp3) is 0.375. The summed E-state index contributed by atoms with van der Waals surface area (Å²) in [6.45, 7) is 7.06. The number of nitrogens with zero attached hydrogens (tertiary/aromatic N) is 2. The fourth-order valence-electron chi connectivity index (χ4n) is 2.75. The molecule has 2 aromatic rings. The number of hydrogen-bond donors (Lipinski definition) is 0. The number of carbonyl (C=O) groups excluding carboxylic acids is 1. The van der Waals surface area contributed by atoms with Crippen molar-refractivity contribution < 1.29 is 9.53 Å². The molecule has 3 rings (SSSR count). The third-order valence-electron chi connectivity index (χ3n) is 3.73. The summed E-state index contributed by atoms with van der Waals surface area (Å²) in [7, 11) is 0. The Morgan fingerprint density at radius 3 is 2.65 bits per heavy atom. The monoisotopic (exact) mass is 270 g/mol. The summed E-state index contributed by atoms with van der Waals surface area (Å²) in [5, 5.41) is 1.05. The Hall–Kier alpha value is -1.94. The SMILES string of the molecule is Cc1cc(C)c2cc(C=O)c(N3CCOCC3)nc2c1. The summed E-state index contributed by atoms with van der Waals surface area (Å²) in [5.41, 5.74) is 3.96. The number of pyridine rings is 1. The van der Waals surface area contributed by atoms with Crippen molar-refractivity contribution in [3.05, 3.63) is 34.9 Å². The van der Waals surface area contributed by atoms with Crippen molar-refractivity contribution >= 4 is 23.0 Å². The summed E-state index contributed by atoms with van der Waals surface area (Å²) in [5.74, 6) is 0.779. The highest BCUT2D eigenvalue weighted by Gasteiger charge is 2.17. The van der Waals surface area contributed by atoms with Gasteiger partial charge in [0.2, 0.25) is 0 Å². The third-order valence-corrected chi connectivity index (χ3v) is 3.73. The molecule has 0 amide bonds. The van der Waals surface area contributed by atoms with Crippen LogP contribution in [0.5, 0.6) is 0 Å². The molecule has 1 aliphatic heterocycles. The summed E-state index contributed by atoms with van der Waals surface area (Å²) < 4.78 is 5.36. The van der Waals surface area contributed by atoms with Gasteiger partial charge in [-0.25, -0.2) is 4.98 Å². The standard InChI is InChI=1S/C16H18N2O2/c1-11-7-12(2)14-9-13(10-19)16(17-15(14)8-11)18-3-5-20-6-4-18/h7-10H,3-6H2,1-2H3. The van der Waals surface area contributed by atoms with Crippen LogP contribution in [-0.4, -0.2) is 37.6 Å². The second-order valence-corrected chi connectivity index (χ2v) is 5.27. The van der Waals surface area contributed by atoms with Gasteiger partial charge in [-0.2, -0.15) is 0 Å². The minimum atomic E-state index is 0.659. The van der Waals surface area contributed by atoms with Gasteiger partial charge in [-0.1, -0.05) is 6.07 Å². The minimum Gasteiger partial charge on any atom is -0.378 e. The van der Waals surface area contributed by atoms with E-state index in [0.29, 0.717) is 18.8 Å². The number of benzene rings is 1. The van der Waals surface area contributed by atoms with Crippen molar-refractivity contribution in [3.8, 4) is 0 Å². The first-order valence-electron chi connectivity index (χ1n) is 6.89. The largest absolute Gasteiger partial charge is 0.378 e. The van der Waals surface area contributed by atoms with Crippen molar-refractivity contribution in [2.45, 2.75) is 13.8 Å². The minimum absolute atomic E-state index is 0.659. The molecule has 1 saturated heterocycles. The fourth-order valence-corrected chi connectivity index (χ4v) is 2.75. The van der Waals surface area contributed by atoms with Crippen LogP contribution >= 0.6 is 0 Å². The molecule has 0 spiro atoms. The van der Waals surface area contributed by atoms with Gasteiger partial charge in [-0.3, -0.25) is 4.79 Å². The van der Waals surface area contributed by atoms with E-state index in [1.54, 1.807) is 0 Å². The van der Waals surface area contributed by atoms with E-state index in [-0.39, 0.29) is 0 Å². The molecule has 20 heavy (non-hydrogen) atoms. The average molecular weight is 270 g/mol. The number of aldehydes is 1. The van der Waals surface area contributed by atoms with E-state index in [0.717, 1.165) is 41.7 Å². The van der Waals surface area contributed by atoms with E-state index < -0.39 is 0 Å². The van der Waals surface area contributed by atoms with E-state index in [1.165, 1.54) is 5.56 Å². The lowest BCUT2D eigenvalue weighted by Gasteiger charge is -2.29. The molecule has 4 heteroatoms. The number of ether oxygens (including phenoxy) is 1. The van der Waals surface area contributed by atoms with E-state index in [1.807, 2.05) is 6.07 Å². The first-order chi connectivity index (χ1) is 9.69. The van der Waals surface area contributed by atoms with Crippen LogP contribution in [0.1, 0.15) is 21.5 Å². The summed E-state index contributed by atoms with van der Waals surface area (Å²) in [6.07, 6.45) is 0.899. The Bertz CT molecular complexity index is 661. The molecule has 4 nitrogen and oxygen atoms in total. The highest BCUT2D eigenvalue weighted by molar-refractivity contribution is 5.93. The maximum absolute atomic E-state index is 11.4. The van der Waals surface area contributed by atoms with Crippen LogP contribution in [0.15, 0.2) is 18.2 Å². The number of rotatable bonds is 2. The predicted octanol–water partition coefficient (Wildman–Crippen LogP) is 2.50. The molecule has 0 N–H and O–H groups in total. The highest BCUT2D eigenvalue weighted by atomic mass is 16.5. The van der Waals surface area contributed by atoms with Crippen molar-refractivity contribution in [1.82, 2.24) is 4.98 Å². The number of aromatic nitrogens is 1. The molecule has 0 atom stereocenters. The molecule has 104 valence electrons. The zero-order valence-corrected chi connectivity index (χ0v) is 11.8. The molecule has 1 aromatic carbocycles. The Morgan fingerprint density at radius 2 is 1.95 bits per heavy atom. The second-order valence-electron chi connectivity index (χ2n) is 5.27. The smallest absolute Gasteiger partial charge is 0.153 e. The van der Waals surface area contributed by atoms with Gasteiger partial charge in [0.25, 0.3) is 0 Å². The van der Waals surface area contributed by atoms with Crippen molar-refractivity contribution in [2.75, 3.05) is 31.2 Å². The Morgan fingerprint density at radius 1 is 1.20 bits per heavy atom. The van der Waals surface area contributed by atoms with Crippen LogP contribution in [-0.2, 0) is 4.74 Å².